The van der Waals surface area contributed by atoms with Crippen molar-refractivity contribution >= 4 is 109 Å². The maximum Gasteiger partial charge on any atom is 0.495 e. The fraction of sp³-hybridized carbons (Fsp3) is 1.00. The molecule has 0 radical (unpaired) electrons. The molecule has 11 heteroatoms. The topological polar surface area (TPSA) is 9.23 Å². The molecular weight excluding hydrogens is 411 g/mol. The predicted octanol–water partition coefficient (Wildman–Crippen LogP) is 5.30. The second kappa shape index (κ2) is 6.81. The van der Waals surface area contributed by atoms with Gasteiger partial charge >= 0.3 is 6.25 Å². The maximum absolute atomic E-state index is 5.79. The van der Waals surface area contributed by atoms with Gasteiger partial charge in [0.25, 0.3) is 0 Å². The molecule has 0 heterocycles. The van der Waals surface area contributed by atoms with Crippen molar-refractivity contribution in [1.29, 1.82) is 0 Å². The summed E-state index contributed by atoms with van der Waals surface area (Å²) < 4.78 is 3.03. The summed E-state index contributed by atoms with van der Waals surface area (Å²) in [7, 11) is 0. The van der Waals surface area contributed by atoms with Crippen molar-refractivity contribution < 1.29 is 4.43 Å². The SMILES string of the molecule is ClC(Cl)C(Cl)C(Cl)(Cl)C(Cl)O[Si](Cl)(Cl)Cl. The Morgan fingerprint density at radius 2 is 1.33 bits per heavy atom. The molecule has 15 heavy (non-hydrogen) atoms. The van der Waals surface area contributed by atoms with Gasteiger partial charge in [0.15, 0.2) is 9.90 Å². The molecule has 0 fully saturated rings. The van der Waals surface area contributed by atoms with Gasteiger partial charge in [0.1, 0.15) is 10.2 Å². The number of hydrogen-bond acceptors (Lipinski definition) is 1. The van der Waals surface area contributed by atoms with Crippen LogP contribution in [0.1, 0.15) is 0 Å². The van der Waals surface area contributed by atoms with Gasteiger partial charge in [-0.25, -0.2) is 0 Å². The van der Waals surface area contributed by atoms with E-state index in [1.54, 1.807) is 0 Å². The van der Waals surface area contributed by atoms with Crippen LogP contribution in [0.5, 0.6) is 0 Å². The molecule has 0 aliphatic carbocycles. The zero-order valence-corrected chi connectivity index (χ0v) is 14.3. The molecule has 0 aromatic carbocycles. The van der Waals surface area contributed by atoms with Crippen molar-refractivity contribution in [3.8, 4) is 0 Å². The molecule has 0 amide bonds. The van der Waals surface area contributed by atoms with E-state index >= 15 is 0 Å². The molecule has 0 aliphatic heterocycles. The molecule has 1 nitrogen and oxygen atoms in total. The van der Waals surface area contributed by atoms with Crippen LogP contribution in [-0.2, 0) is 4.43 Å². The summed E-state index contributed by atoms with van der Waals surface area (Å²) >= 11 is 50.3. The Hall–Kier alpha value is 2.79. The van der Waals surface area contributed by atoms with Crippen molar-refractivity contribution in [2.75, 3.05) is 0 Å². The first-order chi connectivity index (χ1) is 6.48. The van der Waals surface area contributed by atoms with E-state index in [1.807, 2.05) is 0 Å². The Kier molecular flexibility index (Phi) is 8.07. The number of rotatable bonds is 5. The number of hydrogen-bond donors (Lipinski definition) is 0. The lowest BCUT2D eigenvalue weighted by atomic mass is 10.3. The quantitative estimate of drug-likeness (QED) is 0.337. The largest absolute Gasteiger partial charge is 0.495 e. The van der Waals surface area contributed by atoms with Crippen LogP contribution in [0, 0.1) is 0 Å². The first-order valence-electron chi connectivity index (χ1n) is 3.17. The summed E-state index contributed by atoms with van der Waals surface area (Å²) in [5.41, 5.74) is -1.34. The van der Waals surface area contributed by atoms with Crippen LogP contribution < -0.4 is 0 Å². The second-order valence-corrected chi connectivity index (χ2v) is 13.4. The van der Waals surface area contributed by atoms with E-state index in [1.165, 1.54) is 0 Å². The van der Waals surface area contributed by atoms with Crippen molar-refractivity contribution in [2.24, 2.45) is 0 Å². The monoisotopic (exact) mass is 410 g/mol. The van der Waals surface area contributed by atoms with Gasteiger partial charge in [0.2, 0.25) is 0 Å². The van der Waals surface area contributed by atoms with Crippen LogP contribution in [0.4, 0.5) is 0 Å². The highest BCUT2D eigenvalue weighted by atomic mass is 35.8. The molecule has 2 atom stereocenters. The minimum absolute atomic E-state index is 1.05. The molecule has 0 saturated heterocycles. The van der Waals surface area contributed by atoms with E-state index in [9.17, 15) is 0 Å². The zero-order valence-electron chi connectivity index (χ0n) is 6.54. The van der Waals surface area contributed by atoms with Gasteiger partial charge in [-0.3, -0.25) is 0 Å². The number of alkyl halides is 6. The Labute approximate surface area is 132 Å². The van der Waals surface area contributed by atoms with Crippen molar-refractivity contribution in [1.82, 2.24) is 0 Å². The minimum atomic E-state index is -3.44. The van der Waals surface area contributed by atoms with Crippen LogP contribution >= 0.6 is 103 Å². The van der Waals surface area contributed by atoms with Gasteiger partial charge in [-0.05, 0) is 0 Å². The fourth-order valence-corrected chi connectivity index (χ4v) is 3.98. The molecule has 2 unspecified atom stereocenters. The molecule has 92 valence electrons. The van der Waals surface area contributed by atoms with Crippen LogP contribution in [0.25, 0.3) is 0 Å². The summed E-state index contributed by atoms with van der Waals surface area (Å²) in [6, 6.07) is 0. The van der Waals surface area contributed by atoms with Crippen LogP contribution in [0.2, 0.25) is 0 Å². The minimum Gasteiger partial charge on any atom is -0.361 e. The molecule has 0 spiro atoms. The van der Waals surface area contributed by atoms with E-state index < -0.39 is 26.4 Å². The smallest absolute Gasteiger partial charge is 0.361 e. The van der Waals surface area contributed by atoms with E-state index in [0.717, 1.165) is 0 Å². The van der Waals surface area contributed by atoms with Gasteiger partial charge in [0, 0.05) is 0 Å². The lowest BCUT2D eigenvalue weighted by Crippen LogP contribution is -2.44. The van der Waals surface area contributed by atoms with Crippen molar-refractivity contribution in [2.45, 2.75) is 20.1 Å². The average Bonchev–Trinajstić information content (AvgIpc) is 1.99. The van der Waals surface area contributed by atoms with E-state index in [4.69, 9.17) is 107 Å². The highest BCUT2D eigenvalue weighted by molar-refractivity contribution is 7.62. The Morgan fingerprint density at radius 1 is 0.933 bits per heavy atom. The molecular formula is C4H3Cl9OSi. The van der Waals surface area contributed by atoms with Gasteiger partial charge in [-0.2, -0.15) is 0 Å². The maximum atomic E-state index is 5.79. The molecule has 0 aromatic rings. The standard InChI is InChI=1S/C4H3Cl9OSi/c5-1(2(6)7)4(9,10)3(8)14-15(11,12)13/h1-3H. The summed E-state index contributed by atoms with van der Waals surface area (Å²) in [4.78, 5) is -1.05. The van der Waals surface area contributed by atoms with Crippen LogP contribution in [0.3, 0.4) is 0 Å². The first-order valence-corrected chi connectivity index (χ1v) is 10.6. The summed E-state index contributed by atoms with van der Waals surface area (Å²) in [5.74, 6) is 0. The van der Waals surface area contributed by atoms with Gasteiger partial charge in [0.05, 0.1) is 0 Å². The molecule has 0 aromatic heterocycles. The third-order valence-electron chi connectivity index (χ3n) is 1.13. The molecule has 0 bridgehead atoms. The van der Waals surface area contributed by atoms with Crippen LogP contribution in [-0.4, -0.2) is 26.4 Å². The zero-order chi connectivity index (χ0) is 12.4. The summed E-state index contributed by atoms with van der Waals surface area (Å²) in [6.45, 7) is 0. The van der Waals surface area contributed by atoms with Gasteiger partial charge < -0.3 is 4.43 Å². The lowest BCUT2D eigenvalue weighted by molar-refractivity contribution is 0.272. The predicted molar refractivity (Wildman–Crippen MR) is 73.6 cm³/mol. The highest BCUT2D eigenvalue weighted by Crippen LogP contribution is 2.42. The van der Waals surface area contributed by atoms with Crippen LogP contribution in [0.15, 0.2) is 0 Å². The third kappa shape index (κ3) is 6.49. The normalized spacial score (nSPS) is 18.0. The summed E-state index contributed by atoms with van der Waals surface area (Å²) in [6.07, 6.45) is -3.44. The fourth-order valence-electron chi connectivity index (χ4n) is 0.489. The highest BCUT2D eigenvalue weighted by Gasteiger charge is 2.48. The Morgan fingerprint density at radius 3 is 1.60 bits per heavy atom. The lowest BCUT2D eigenvalue weighted by Gasteiger charge is -2.31. The Bertz CT molecular complexity index is 203. The molecule has 0 saturated carbocycles. The first kappa shape index (κ1) is 17.8. The van der Waals surface area contributed by atoms with Gasteiger partial charge in [-0.1, -0.05) is 68.0 Å². The molecule has 0 aliphatic rings. The molecule has 0 rings (SSSR count). The second-order valence-electron chi connectivity index (χ2n) is 2.29. The number of halogens is 9. The van der Waals surface area contributed by atoms with E-state index in [-0.39, 0.29) is 0 Å². The third-order valence-corrected chi connectivity index (χ3v) is 5.69. The van der Waals surface area contributed by atoms with Gasteiger partial charge in [-0.15, -0.1) is 34.8 Å². The summed E-state index contributed by atoms with van der Waals surface area (Å²) in [5, 5.41) is -1.09. The Balaban J connectivity index is 4.58. The van der Waals surface area contributed by atoms with Crippen molar-refractivity contribution in [3.05, 3.63) is 0 Å². The average molecular weight is 414 g/mol. The molecule has 0 N–H and O–H groups in total. The van der Waals surface area contributed by atoms with Crippen molar-refractivity contribution in [3.63, 3.8) is 0 Å². The van der Waals surface area contributed by atoms with E-state index in [0.29, 0.717) is 0 Å². The van der Waals surface area contributed by atoms with E-state index in [2.05, 4.69) is 0 Å².